The van der Waals surface area contributed by atoms with E-state index in [1.807, 2.05) is 54.6 Å². The Morgan fingerprint density at radius 2 is 1.72 bits per heavy atom. The number of benzene rings is 2. The molecule has 3 aromatic rings. The Labute approximate surface area is 105 Å². The van der Waals surface area contributed by atoms with Gasteiger partial charge in [0.05, 0.1) is 17.4 Å². The molecule has 0 radical (unpaired) electrons. The van der Waals surface area contributed by atoms with E-state index in [1.54, 1.807) is 6.20 Å². The first-order valence-electron chi connectivity index (χ1n) is 5.79. The summed E-state index contributed by atoms with van der Waals surface area (Å²) in [4.78, 5) is 4.28. The predicted molar refractivity (Wildman–Crippen MR) is 75.9 cm³/mol. The Morgan fingerprint density at radius 3 is 2.56 bits per heavy atom. The van der Waals surface area contributed by atoms with Crippen LogP contribution >= 0.6 is 0 Å². The van der Waals surface area contributed by atoms with Crippen molar-refractivity contribution in [1.29, 1.82) is 0 Å². The van der Waals surface area contributed by atoms with Crippen LogP contribution in [-0.2, 0) is 0 Å². The molecule has 0 fully saturated rings. The van der Waals surface area contributed by atoms with Crippen molar-refractivity contribution in [3.8, 4) is 0 Å². The van der Waals surface area contributed by atoms with Crippen LogP contribution in [0.3, 0.4) is 0 Å². The number of hydrogen-bond acceptors (Lipinski definition) is 3. The molecule has 3 rings (SSSR count). The lowest BCUT2D eigenvalue weighted by Gasteiger charge is -2.07. The minimum absolute atomic E-state index is 0.680. The summed E-state index contributed by atoms with van der Waals surface area (Å²) in [7, 11) is 0. The van der Waals surface area contributed by atoms with Crippen LogP contribution in [0.15, 0.2) is 60.8 Å². The van der Waals surface area contributed by atoms with Gasteiger partial charge in [0.2, 0.25) is 0 Å². The minimum Gasteiger partial charge on any atom is -0.397 e. The van der Waals surface area contributed by atoms with Crippen molar-refractivity contribution >= 4 is 28.0 Å². The van der Waals surface area contributed by atoms with Crippen LogP contribution in [0, 0.1) is 0 Å². The van der Waals surface area contributed by atoms with E-state index in [-0.39, 0.29) is 0 Å². The molecule has 0 saturated heterocycles. The van der Waals surface area contributed by atoms with Gasteiger partial charge >= 0.3 is 0 Å². The van der Waals surface area contributed by atoms with Crippen molar-refractivity contribution in [2.45, 2.75) is 0 Å². The zero-order valence-corrected chi connectivity index (χ0v) is 9.80. The lowest BCUT2D eigenvalue weighted by atomic mass is 10.2. The molecule has 88 valence electrons. The van der Waals surface area contributed by atoms with Crippen molar-refractivity contribution < 1.29 is 0 Å². The number of anilines is 3. The van der Waals surface area contributed by atoms with Crippen LogP contribution in [0.4, 0.5) is 17.1 Å². The Hall–Kier alpha value is -2.55. The summed E-state index contributed by atoms with van der Waals surface area (Å²) in [6.07, 6.45) is 1.67. The number of pyridine rings is 1. The monoisotopic (exact) mass is 235 g/mol. The molecular weight excluding hydrogens is 222 g/mol. The van der Waals surface area contributed by atoms with Crippen LogP contribution < -0.4 is 11.1 Å². The lowest BCUT2D eigenvalue weighted by Crippen LogP contribution is -1.91. The van der Waals surface area contributed by atoms with E-state index >= 15 is 0 Å². The second kappa shape index (κ2) is 4.37. The van der Waals surface area contributed by atoms with E-state index in [9.17, 15) is 0 Å². The van der Waals surface area contributed by atoms with Gasteiger partial charge in [0.15, 0.2) is 0 Å². The third-order valence-electron chi connectivity index (χ3n) is 2.76. The molecule has 0 aliphatic carbocycles. The van der Waals surface area contributed by atoms with Gasteiger partial charge in [0.25, 0.3) is 0 Å². The van der Waals surface area contributed by atoms with Gasteiger partial charge in [-0.1, -0.05) is 18.2 Å². The minimum atomic E-state index is 0.680. The normalized spacial score (nSPS) is 10.4. The Kier molecular flexibility index (Phi) is 2.57. The highest BCUT2D eigenvalue weighted by Gasteiger charge is 1.98. The van der Waals surface area contributed by atoms with E-state index in [2.05, 4.69) is 10.3 Å². The maximum atomic E-state index is 5.74. The molecular formula is C15H13N3. The number of para-hydroxylation sites is 1. The van der Waals surface area contributed by atoms with Gasteiger partial charge in [-0.25, -0.2) is 0 Å². The number of rotatable bonds is 2. The van der Waals surface area contributed by atoms with Gasteiger partial charge in [-0.2, -0.15) is 0 Å². The first kappa shape index (κ1) is 10.6. The van der Waals surface area contributed by atoms with Crippen LogP contribution in [0.5, 0.6) is 0 Å². The predicted octanol–water partition coefficient (Wildman–Crippen LogP) is 3.56. The molecule has 2 aromatic carbocycles. The molecule has 0 unspecified atom stereocenters. The Balaban J connectivity index is 1.98. The first-order chi connectivity index (χ1) is 8.81. The molecule has 3 nitrogen and oxygen atoms in total. The quantitative estimate of drug-likeness (QED) is 0.714. The second-order valence-corrected chi connectivity index (χ2v) is 4.17. The molecule has 1 aromatic heterocycles. The molecule has 0 atom stereocenters. The summed E-state index contributed by atoms with van der Waals surface area (Å²) in [5.41, 5.74) is 9.46. The number of nitrogens with two attached hydrogens (primary N) is 1. The Morgan fingerprint density at radius 1 is 0.889 bits per heavy atom. The number of nitrogens with one attached hydrogen (secondary N) is 1. The van der Waals surface area contributed by atoms with Crippen molar-refractivity contribution in [3.05, 3.63) is 60.8 Å². The molecule has 0 bridgehead atoms. The highest BCUT2D eigenvalue weighted by atomic mass is 14.9. The number of nitrogen functional groups attached to an aromatic ring is 1. The Bertz CT molecular complexity index is 678. The summed E-state index contributed by atoms with van der Waals surface area (Å²) < 4.78 is 0. The average molecular weight is 235 g/mol. The van der Waals surface area contributed by atoms with E-state index in [0.29, 0.717) is 5.69 Å². The average Bonchev–Trinajstić information content (AvgIpc) is 2.39. The van der Waals surface area contributed by atoms with Gasteiger partial charge < -0.3 is 11.1 Å². The summed E-state index contributed by atoms with van der Waals surface area (Å²) in [6, 6.07) is 18.0. The smallest absolute Gasteiger partial charge is 0.0705 e. The molecule has 0 aliphatic heterocycles. The highest BCUT2D eigenvalue weighted by molar-refractivity contribution is 5.85. The first-order valence-corrected chi connectivity index (χ1v) is 5.79. The number of hydrogen-bond donors (Lipinski definition) is 2. The van der Waals surface area contributed by atoms with Gasteiger partial charge in [-0.3, -0.25) is 4.98 Å². The molecule has 0 saturated carbocycles. The van der Waals surface area contributed by atoms with E-state index in [0.717, 1.165) is 22.3 Å². The lowest BCUT2D eigenvalue weighted by molar-refractivity contribution is 1.41. The molecule has 18 heavy (non-hydrogen) atoms. The van der Waals surface area contributed by atoms with Crippen molar-refractivity contribution in [3.63, 3.8) is 0 Å². The summed E-state index contributed by atoms with van der Waals surface area (Å²) in [6.45, 7) is 0. The molecule has 3 heteroatoms. The standard InChI is InChI=1S/C15H13N3/c16-12-8-11-9-14(6-7-15(11)17-10-12)18-13-4-2-1-3-5-13/h1-10,18H,16H2. The topological polar surface area (TPSA) is 50.9 Å². The highest BCUT2D eigenvalue weighted by Crippen LogP contribution is 2.22. The SMILES string of the molecule is Nc1cnc2ccc(Nc3ccccc3)cc2c1. The zero-order valence-electron chi connectivity index (χ0n) is 9.80. The fourth-order valence-electron chi connectivity index (χ4n) is 1.91. The number of aromatic nitrogens is 1. The van der Waals surface area contributed by atoms with Gasteiger partial charge in [-0.15, -0.1) is 0 Å². The summed E-state index contributed by atoms with van der Waals surface area (Å²) >= 11 is 0. The zero-order chi connectivity index (χ0) is 12.4. The van der Waals surface area contributed by atoms with Crippen molar-refractivity contribution in [2.75, 3.05) is 11.1 Å². The summed E-state index contributed by atoms with van der Waals surface area (Å²) in [5, 5.41) is 4.38. The van der Waals surface area contributed by atoms with Crippen LogP contribution in [-0.4, -0.2) is 4.98 Å². The largest absolute Gasteiger partial charge is 0.397 e. The van der Waals surface area contributed by atoms with E-state index < -0.39 is 0 Å². The molecule has 3 N–H and O–H groups in total. The van der Waals surface area contributed by atoms with Gasteiger partial charge in [0.1, 0.15) is 0 Å². The van der Waals surface area contributed by atoms with Crippen LogP contribution in [0.1, 0.15) is 0 Å². The maximum Gasteiger partial charge on any atom is 0.0705 e. The molecule has 0 spiro atoms. The van der Waals surface area contributed by atoms with Crippen molar-refractivity contribution in [1.82, 2.24) is 4.98 Å². The molecule has 1 heterocycles. The second-order valence-electron chi connectivity index (χ2n) is 4.17. The van der Waals surface area contributed by atoms with Gasteiger partial charge in [0, 0.05) is 16.8 Å². The summed E-state index contributed by atoms with van der Waals surface area (Å²) in [5.74, 6) is 0. The number of nitrogens with zero attached hydrogens (tertiary/aromatic N) is 1. The third kappa shape index (κ3) is 2.11. The number of fused-ring (bicyclic) bond motifs is 1. The van der Waals surface area contributed by atoms with E-state index in [4.69, 9.17) is 5.73 Å². The van der Waals surface area contributed by atoms with Crippen LogP contribution in [0.25, 0.3) is 10.9 Å². The van der Waals surface area contributed by atoms with Gasteiger partial charge in [-0.05, 0) is 36.4 Å². The fraction of sp³-hybridized carbons (Fsp3) is 0. The molecule has 0 amide bonds. The third-order valence-corrected chi connectivity index (χ3v) is 2.76. The molecule has 0 aliphatic rings. The van der Waals surface area contributed by atoms with E-state index in [1.165, 1.54) is 0 Å². The maximum absolute atomic E-state index is 5.74. The van der Waals surface area contributed by atoms with Crippen LogP contribution in [0.2, 0.25) is 0 Å². The van der Waals surface area contributed by atoms with Crippen molar-refractivity contribution in [2.24, 2.45) is 0 Å². The fourth-order valence-corrected chi connectivity index (χ4v) is 1.91.